The van der Waals surface area contributed by atoms with E-state index < -0.39 is 9.84 Å². The first-order chi connectivity index (χ1) is 8.35. The van der Waals surface area contributed by atoms with E-state index in [0.717, 1.165) is 24.0 Å². The van der Waals surface area contributed by atoms with E-state index in [2.05, 4.69) is 20.4 Å². The maximum absolute atomic E-state index is 12.2. The fraction of sp³-hybridized carbons (Fsp3) is 0.467. The van der Waals surface area contributed by atoms with E-state index in [1.165, 1.54) is 0 Å². The highest BCUT2D eigenvalue weighted by atomic mass is 32.2. The summed E-state index contributed by atoms with van der Waals surface area (Å²) in [4.78, 5) is 0.387. The molecule has 0 aliphatic rings. The van der Waals surface area contributed by atoms with Gasteiger partial charge in [0.1, 0.15) is 0 Å². The standard InChI is InChI=1S/C15H22O2S/c1-5-12(2)10-14(4)11-18(16,17)15-8-6-13(3)7-9-15/h6-9,12H,4-5,10-11H2,1-3H3. The van der Waals surface area contributed by atoms with Crippen LogP contribution in [-0.4, -0.2) is 14.2 Å². The zero-order valence-corrected chi connectivity index (χ0v) is 12.3. The van der Waals surface area contributed by atoms with E-state index in [1.807, 2.05) is 19.1 Å². The van der Waals surface area contributed by atoms with E-state index in [9.17, 15) is 8.42 Å². The molecule has 0 radical (unpaired) electrons. The quantitative estimate of drug-likeness (QED) is 0.735. The number of sulfone groups is 1. The number of benzene rings is 1. The molecule has 0 N–H and O–H groups in total. The maximum atomic E-state index is 12.2. The highest BCUT2D eigenvalue weighted by Crippen LogP contribution is 2.19. The molecule has 3 heteroatoms. The van der Waals surface area contributed by atoms with Crippen molar-refractivity contribution in [1.29, 1.82) is 0 Å². The van der Waals surface area contributed by atoms with Crippen molar-refractivity contribution in [3.05, 3.63) is 42.0 Å². The average Bonchev–Trinajstić information content (AvgIpc) is 2.28. The van der Waals surface area contributed by atoms with Crippen molar-refractivity contribution in [2.75, 3.05) is 5.75 Å². The van der Waals surface area contributed by atoms with Crippen LogP contribution in [0.1, 0.15) is 32.3 Å². The van der Waals surface area contributed by atoms with Gasteiger partial charge in [0.15, 0.2) is 9.84 Å². The van der Waals surface area contributed by atoms with Crippen LogP contribution in [0.25, 0.3) is 0 Å². The molecule has 1 aromatic carbocycles. The Morgan fingerprint density at radius 3 is 2.33 bits per heavy atom. The Morgan fingerprint density at radius 1 is 1.28 bits per heavy atom. The van der Waals surface area contributed by atoms with E-state index in [1.54, 1.807) is 12.1 Å². The lowest BCUT2D eigenvalue weighted by Gasteiger charge is -2.11. The lowest BCUT2D eigenvalue weighted by atomic mass is 10.0. The third kappa shape index (κ3) is 4.30. The zero-order valence-electron chi connectivity index (χ0n) is 11.4. The Kier molecular flexibility index (Phi) is 5.15. The number of rotatable bonds is 6. The minimum absolute atomic E-state index is 0.0560. The first-order valence-corrected chi connectivity index (χ1v) is 7.96. The van der Waals surface area contributed by atoms with E-state index in [0.29, 0.717) is 10.8 Å². The van der Waals surface area contributed by atoms with Gasteiger partial charge in [-0.1, -0.05) is 50.1 Å². The van der Waals surface area contributed by atoms with Gasteiger partial charge in [-0.05, 0) is 31.4 Å². The van der Waals surface area contributed by atoms with Gasteiger partial charge in [0.05, 0.1) is 10.6 Å². The third-order valence-electron chi connectivity index (χ3n) is 3.11. The molecule has 0 fully saturated rings. The van der Waals surface area contributed by atoms with Crippen LogP contribution in [0.5, 0.6) is 0 Å². The molecule has 0 aromatic heterocycles. The molecule has 18 heavy (non-hydrogen) atoms. The minimum Gasteiger partial charge on any atom is -0.223 e. The van der Waals surface area contributed by atoms with Crippen LogP contribution in [0, 0.1) is 12.8 Å². The molecule has 1 aromatic rings. The Morgan fingerprint density at radius 2 is 1.83 bits per heavy atom. The zero-order chi connectivity index (χ0) is 13.8. The van der Waals surface area contributed by atoms with Gasteiger partial charge >= 0.3 is 0 Å². The molecular weight excluding hydrogens is 244 g/mol. The number of hydrogen-bond acceptors (Lipinski definition) is 2. The van der Waals surface area contributed by atoms with Crippen molar-refractivity contribution in [2.24, 2.45) is 5.92 Å². The average molecular weight is 266 g/mol. The lowest BCUT2D eigenvalue weighted by Crippen LogP contribution is -2.10. The molecule has 0 bridgehead atoms. The molecule has 2 nitrogen and oxygen atoms in total. The summed E-state index contributed by atoms with van der Waals surface area (Å²) in [5.74, 6) is 0.547. The van der Waals surface area contributed by atoms with Crippen molar-refractivity contribution >= 4 is 9.84 Å². The normalized spacial score (nSPS) is 13.3. The molecule has 0 aliphatic carbocycles. The van der Waals surface area contributed by atoms with Crippen molar-refractivity contribution < 1.29 is 8.42 Å². The molecule has 0 heterocycles. The molecule has 0 amide bonds. The van der Waals surface area contributed by atoms with Crippen molar-refractivity contribution in [2.45, 2.75) is 38.5 Å². The van der Waals surface area contributed by atoms with Crippen LogP contribution in [0.2, 0.25) is 0 Å². The summed E-state index contributed by atoms with van der Waals surface area (Å²) in [5.41, 5.74) is 1.86. The van der Waals surface area contributed by atoms with Crippen LogP contribution < -0.4 is 0 Å². The predicted molar refractivity (Wildman–Crippen MR) is 76.4 cm³/mol. The second kappa shape index (κ2) is 6.19. The topological polar surface area (TPSA) is 34.1 Å². The molecule has 1 rings (SSSR count). The summed E-state index contributed by atoms with van der Waals surface area (Å²) >= 11 is 0. The Labute approximate surface area is 111 Å². The summed E-state index contributed by atoms with van der Waals surface area (Å²) in [6.45, 7) is 10.1. The van der Waals surface area contributed by atoms with Crippen molar-refractivity contribution in [3.63, 3.8) is 0 Å². The second-order valence-electron chi connectivity index (χ2n) is 5.04. The monoisotopic (exact) mass is 266 g/mol. The summed E-state index contributed by atoms with van der Waals surface area (Å²) in [6.07, 6.45) is 1.82. The summed E-state index contributed by atoms with van der Waals surface area (Å²) < 4.78 is 24.3. The first-order valence-electron chi connectivity index (χ1n) is 6.31. The van der Waals surface area contributed by atoms with Gasteiger partial charge in [0.25, 0.3) is 0 Å². The van der Waals surface area contributed by atoms with Crippen LogP contribution in [0.4, 0.5) is 0 Å². The smallest absolute Gasteiger partial charge is 0.182 e. The van der Waals surface area contributed by atoms with E-state index in [-0.39, 0.29) is 5.75 Å². The van der Waals surface area contributed by atoms with Crippen LogP contribution in [0.15, 0.2) is 41.3 Å². The minimum atomic E-state index is -3.23. The molecule has 0 spiro atoms. The van der Waals surface area contributed by atoms with Gasteiger partial charge in [0, 0.05) is 0 Å². The summed E-state index contributed by atoms with van der Waals surface area (Å²) in [6, 6.07) is 6.98. The van der Waals surface area contributed by atoms with Gasteiger partial charge in [-0.3, -0.25) is 0 Å². The predicted octanol–water partition coefficient (Wildman–Crippen LogP) is 3.76. The van der Waals surface area contributed by atoms with Crippen LogP contribution in [-0.2, 0) is 9.84 Å². The Hall–Kier alpha value is -1.09. The maximum Gasteiger partial charge on any atom is 0.182 e. The van der Waals surface area contributed by atoms with Gasteiger partial charge in [-0.25, -0.2) is 8.42 Å². The van der Waals surface area contributed by atoms with Crippen LogP contribution in [0.3, 0.4) is 0 Å². The van der Waals surface area contributed by atoms with E-state index >= 15 is 0 Å². The van der Waals surface area contributed by atoms with Crippen molar-refractivity contribution in [3.8, 4) is 0 Å². The van der Waals surface area contributed by atoms with Gasteiger partial charge < -0.3 is 0 Å². The van der Waals surface area contributed by atoms with Crippen LogP contribution >= 0.6 is 0 Å². The SMILES string of the molecule is C=C(CC(C)CC)CS(=O)(=O)c1ccc(C)cc1. The molecule has 1 atom stereocenters. The fourth-order valence-electron chi connectivity index (χ4n) is 1.79. The lowest BCUT2D eigenvalue weighted by molar-refractivity contribution is 0.554. The Bertz CT molecular complexity index is 498. The largest absolute Gasteiger partial charge is 0.223 e. The van der Waals surface area contributed by atoms with Gasteiger partial charge in [-0.15, -0.1) is 0 Å². The molecule has 100 valence electrons. The molecular formula is C15H22O2S. The Balaban J connectivity index is 2.76. The molecule has 1 unspecified atom stereocenters. The van der Waals surface area contributed by atoms with Crippen molar-refractivity contribution in [1.82, 2.24) is 0 Å². The van der Waals surface area contributed by atoms with E-state index in [4.69, 9.17) is 0 Å². The summed E-state index contributed by atoms with van der Waals surface area (Å²) in [7, 11) is -3.23. The third-order valence-corrected chi connectivity index (χ3v) is 4.89. The summed E-state index contributed by atoms with van der Waals surface area (Å²) in [5, 5.41) is 0. The molecule has 0 saturated heterocycles. The first kappa shape index (κ1) is 15.0. The number of hydrogen-bond donors (Lipinski definition) is 0. The molecule has 0 saturated carbocycles. The molecule has 0 aliphatic heterocycles. The number of aryl methyl sites for hydroxylation is 1. The van der Waals surface area contributed by atoms with Gasteiger partial charge in [0.2, 0.25) is 0 Å². The van der Waals surface area contributed by atoms with Gasteiger partial charge in [-0.2, -0.15) is 0 Å². The second-order valence-corrected chi connectivity index (χ2v) is 7.03. The fourth-order valence-corrected chi connectivity index (χ4v) is 3.17. The highest BCUT2D eigenvalue weighted by molar-refractivity contribution is 7.91. The highest BCUT2D eigenvalue weighted by Gasteiger charge is 2.16.